The Labute approximate surface area is 372 Å². The van der Waals surface area contributed by atoms with Gasteiger partial charge in [0.15, 0.2) is 17.5 Å². The van der Waals surface area contributed by atoms with E-state index in [1.54, 1.807) is 0 Å². The molecule has 0 radical (unpaired) electrons. The fourth-order valence-corrected chi connectivity index (χ4v) is 9.63. The van der Waals surface area contributed by atoms with Gasteiger partial charge in [0.25, 0.3) is 0 Å². The summed E-state index contributed by atoms with van der Waals surface area (Å²) in [6.45, 7) is 4.65. The third kappa shape index (κ3) is 6.42. The molecule has 64 heavy (non-hydrogen) atoms. The molecule has 302 valence electrons. The molecular formula is C60H41N3O. The fraction of sp³-hybridized carbons (Fsp3) is 0.0500. The van der Waals surface area contributed by atoms with Gasteiger partial charge in [-0.3, -0.25) is 0 Å². The number of hydrogen-bond donors (Lipinski definition) is 0. The average molecular weight is 820 g/mol. The van der Waals surface area contributed by atoms with Gasteiger partial charge in [-0.25, -0.2) is 15.0 Å². The normalized spacial score (nSPS) is 12.7. The summed E-state index contributed by atoms with van der Waals surface area (Å²) in [7, 11) is 0. The van der Waals surface area contributed by atoms with Gasteiger partial charge >= 0.3 is 0 Å². The van der Waals surface area contributed by atoms with Crippen LogP contribution in [0.2, 0.25) is 0 Å². The molecule has 0 N–H and O–H groups in total. The Hall–Kier alpha value is -8.21. The van der Waals surface area contributed by atoms with Crippen molar-refractivity contribution >= 4 is 21.9 Å². The first-order valence-corrected chi connectivity index (χ1v) is 21.8. The minimum absolute atomic E-state index is 0.0971. The Morgan fingerprint density at radius 2 is 0.766 bits per heavy atom. The van der Waals surface area contributed by atoms with E-state index in [1.165, 1.54) is 33.4 Å². The van der Waals surface area contributed by atoms with Crippen molar-refractivity contribution in [3.05, 3.63) is 223 Å². The molecule has 0 saturated carbocycles. The van der Waals surface area contributed by atoms with Crippen LogP contribution in [0.3, 0.4) is 0 Å². The van der Waals surface area contributed by atoms with Crippen LogP contribution in [0.25, 0.3) is 112 Å². The van der Waals surface area contributed by atoms with Crippen LogP contribution in [0, 0.1) is 0 Å². The Morgan fingerprint density at radius 3 is 1.45 bits per heavy atom. The molecule has 0 unspecified atom stereocenters. The smallest absolute Gasteiger partial charge is 0.164 e. The van der Waals surface area contributed by atoms with Crippen molar-refractivity contribution in [1.82, 2.24) is 15.0 Å². The fourth-order valence-electron chi connectivity index (χ4n) is 9.63. The van der Waals surface area contributed by atoms with Crippen molar-refractivity contribution in [2.24, 2.45) is 0 Å². The molecule has 0 fully saturated rings. The molecule has 0 atom stereocenters. The zero-order valence-electron chi connectivity index (χ0n) is 35.5. The lowest BCUT2D eigenvalue weighted by atomic mass is 9.81. The van der Waals surface area contributed by atoms with Crippen molar-refractivity contribution in [2.45, 2.75) is 19.3 Å². The maximum absolute atomic E-state index is 6.57. The SMILES string of the molecule is CC1(C)c2ccccc2-c2ccc(-c3cccc(-c4nc(-c5cccc(-c6ccc(-c7ccccc7)cc6)c5)nc(-c5ccc6c(c5)oc5cccc(-c7ccccc7)c56)n4)c3)cc21. The second-order valence-corrected chi connectivity index (χ2v) is 17.2. The first-order chi connectivity index (χ1) is 31.4. The molecule has 0 aliphatic heterocycles. The molecule has 1 aliphatic carbocycles. The number of aromatic nitrogens is 3. The van der Waals surface area contributed by atoms with Crippen molar-refractivity contribution in [3.63, 3.8) is 0 Å². The highest BCUT2D eigenvalue weighted by Gasteiger charge is 2.35. The van der Waals surface area contributed by atoms with Gasteiger partial charge in [0, 0.05) is 32.9 Å². The molecule has 2 aromatic heterocycles. The van der Waals surface area contributed by atoms with E-state index < -0.39 is 0 Å². The largest absolute Gasteiger partial charge is 0.456 e. The first kappa shape index (κ1) is 37.5. The van der Waals surface area contributed by atoms with E-state index in [2.05, 4.69) is 208 Å². The summed E-state index contributed by atoms with van der Waals surface area (Å²) in [5, 5.41) is 2.14. The lowest BCUT2D eigenvalue weighted by Crippen LogP contribution is -2.14. The minimum atomic E-state index is -0.0971. The van der Waals surface area contributed by atoms with E-state index >= 15 is 0 Å². The van der Waals surface area contributed by atoms with E-state index in [9.17, 15) is 0 Å². The molecule has 4 heteroatoms. The van der Waals surface area contributed by atoms with E-state index in [0.717, 1.165) is 72.0 Å². The topological polar surface area (TPSA) is 51.8 Å². The van der Waals surface area contributed by atoms with Crippen molar-refractivity contribution in [1.29, 1.82) is 0 Å². The van der Waals surface area contributed by atoms with Crippen molar-refractivity contribution in [2.75, 3.05) is 0 Å². The van der Waals surface area contributed by atoms with Gasteiger partial charge in [-0.1, -0.05) is 190 Å². The number of nitrogens with zero attached hydrogens (tertiary/aromatic N) is 3. The molecule has 11 aromatic rings. The van der Waals surface area contributed by atoms with Gasteiger partial charge in [-0.05, 0) is 103 Å². The van der Waals surface area contributed by atoms with Gasteiger partial charge in [0.05, 0.1) is 0 Å². The maximum atomic E-state index is 6.57. The molecule has 9 aromatic carbocycles. The Balaban J connectivity index is 0.974. The summed E-state index contributed by atoms with van der Waals surface area (Å²) in [5.41, 5.74) is 18.7. The standard InChI is InChI=1S/C60H41N3O/c1-60(2)52-24-10-9-22-49(52)50-32-30-44(36-53(50)60)43-19-12-21-46(35-43)58-61-57(45-20-11-18-42(34-45)40-28-26-39(27-29-40)38-14-5-3-6-15-38)62-59(63-58)47-31-33-51-55(37-47)64-54-25-13-23-48(56(51)54)41-16-7-4-8-17-41/h3-37H,1-2H3. The van der Waals surface area contributed by atoms with E-state index in [-0.39, 0.29) is 5.41 Å². The Bertz CT molecular complexity index is 3570. The molecule has 0 amide bonds. The minimum Gasteiger partial charge on any atom is -0.456 e. The van der Waals surface area contributed by atoms with Gasteiger partial charge in [0.2, 0.25) is 0 Å². The van der Waals surface area contributed by atoms with Crippen LogP contribution >= 0.6 is 0 Å². The Kier molecular flexibility index (Phi) is 8.80. The average Bonchev–Trinajstić information content (AvgIpc) is 3.85. The summed E-state index contributed by atoms with van der Waals surface area (Å²) in [6.07, 6.45) is 0. The van der Waals surface area contributed by atoms with Crippen molar-refractivity contribution in [3.8, 4) is 89.8 Å². The third-order valence-electron chi connectivity index (χ3n) is 13.0. The van der Waals surface area contributed by atoms with E-state index in [0.29, 0.717) is 17.5 Å². The van der Waals surface area contributed by atoms with Crippen LogP contribution in [0.1, 0.15) is 25.0 Å². The lowest BCUT2D eigenvalue weighted by molar-refractivity contribution is 0.660. The van der Waals surface area contributed by atoms with Crippen LogP contribution in [-0.2, 0) is 5.41 Å². The van der Waals surface area contributed by atoms with Crippen molar-refractivity contribution < 1.29 is 4.42 Å². The van der Waals surface area contributed by atoms with E-state index in [4.69, 9.17) is 19.4 Å². The predicted octanol–water partition coefficient (Wildman–Crippen LogP) is 15.7. The number of fused-ring (bicyclic) bond motifs is 6. The molecule has 2 heterocycles. The predicted molar refractivity (Wildman–Crippen MR) is 263 cm³/mol. The monoisotopic (exact) mass is 819 g/mol. The van der Waals surface area contributed by atoms with Crippen LogP contribution in [0.4, 0.5) is 0 Å². The number of benzene rings is 9. The number of furan rings is 1. The van der Waals surface area contributed by atoms with Gasteiger partial charge in [-0.2, -0.15) is 0 Å². The zero-order valence-corrected chi connectivity index (χ0v) is 35.5. The summed E-state index contributed by atoms with van der Waals surface area (Å²) >= 11 is 0. The molecule has 0 bridgehead atoms. The second-order valence-electron chi connectivity index (χ2n) is 17.2. The number of rotatable bonds is 7. The quantitative estimate of drug-likeness (QED) is 0.161. The van der Waals surface area contributed by atoms with Gasteiger partial charge in [0.1, 0.15) is 11.2 Å². The molecule has 4 nitrogen and oxygen atoms in total. The number of hydrogen-bond acceptors (Lipinski definition) is 4. The van der Waals surface area contributed by atoms with E-state index in [1.807, 2.05) is 18.2 Å². The van der Waals surface area contributed by atoms with Gasteiger partial charge in [-0.15, -0.1) is 0 Å². The summed E-state index contributed by atoms with van der Waals surface area (Å²) < 4.78 is 6.57. The summed E-state index contributed by atoms with van der Waals surface area (Å²) in [6, 6.07) is 75.0. The molecule has 12 rings (SSSR count). The highest BCUT2D eigenvalue weighted by molar-refractivity contribution is 6.13. The van der Waals surface area contributed by atoms with Gasteiger partial charge < -0.3 is 4.42 Å². The zero-order chi connectivity index (χ0) is 42.8. The highest BCUT2D eigenvalue weighted by Crippen LogP contribution is 2.49. The molecule has 0 spiro atoms. The van der Waals surface area contributed by atoms with Crippen LogP contribution < -0.4 is 0 Å². The Morgan fingerprint density at radius 1 is 0.312 bits per heavy atom. The molecular weight excluding hydrogens is 779 g/mol. The summed E-state index contributed by atoms with van der Waals surface area (Å²) in [5.74, 6) is 1.77. The first-order valence-electron chi connectivity index (χ1n) is 21.8. The van der Waals surface area contributed by atoms with Crippen LogP contribution in [-0.4, -0.2) is 15.0 Å². The highest BCUT2D eigenvalue weighted by atomic mass is 16.3. The summed E-state index contributed by atoms with van der Waals surface area (Å²) in [4.78, 5) is 15.7. The maximum Gasteiger partial charge on any atom is 0.164 e. The van der Waals surface area contributed by atoms with Crippen LogP contribution in [0.5, 0.6) is 0 Å². The second kappa shape index (κ2) is 15.0. The molecule has 1 aliphatic rings. The lowest BCUT2D eigenvalue weighted by Gasteiger charge is -2.22. The third-order valence-corrected chi connectivity index (χ3v) is 13.0. The van der Waals surface area contributed by atoms with Crippen LogP contribution in [0.15, 0.2) is 217 Å². The molecule has 0 saturated heterocycles.